The summed E-state index contributed by atoms with van der Waals surface area (Å²) >= 11 is 0. The van der Waals surface area contributed by atoms with E-state index in [-0.39, 0.29) is 11.7 Å². The van der Waals surface area contributed by atoms with Crippen LogP contribution in [0.15, 0.2) is 71.2 Å². The zero-order valence-electron chi connectivity index (χ0n) is 17.5. The molecule has 1 aliphatic carbocycles. The molecule has 6 heteroatoms. The SMILES string of the molecule is CC1=C(C(=O)Nc2ccccn2)C(c2ccc(N(C)C)cc2)C2=C(CCCC2=O)N1. The van der Waals surface area contributed by atoms with Gasteiger partial charge in [-0.15, -0.1) is 0 Å². The molecule has 2 aliphatic rings. The monoisotopic (exact) mass is 402 g/mol. The first-order valence-corrected chi connectivity index (χ1v) is 10.2. The number of allylic oxidation sites excluding steroid dienone is 3. The average Bonchev–Trinajstić information content (AvgIpc) is 2.73. The van der Waals surface area contributed by atoms with Crippen LogP contribution in [-0.4, -0.2) is 30.8 Å². The molecule has 30 heavy (non-hydrogen) atoms. The molecular formula is C24H26N4O2. The predicted octanol–water partition coefficient (Wildman–Crippen LogP) is 3.75. The summed E-state index contributed by atoms with van der Waals surface area (Å²) < 4.78 is 0. The van der Waals surface area contributed by atoms with Gasteiger partial charge in [0.2, 0.25) is 0 Å². The van der Waals surface area contributed by atoms with E-state index in [1.54, 1.807) is 18.3 Å². The van der Waals surface area contributed by atoms with Crippen molar-refractivity contribution in [3.05, 3.63) is 76.8 Å². The second-order valence-corrected chi connectivity index (χ2v) is 7.92. The van der Waals surface area contributed by atoms with Crippen molar-refractivity contribution in [1.82, 2.24) is 10.3 Å². The molecule has 1 aromatic carbocycles. The van der Waals surface area contributed by atoms with E-state index in [1.807, 2.05) is 56.3 Å². The average molecular weight is 402 g/mol. The molecule has 1 aliphatic heterocycles. The van der Waals surface area contributed by atoms with Crippen molar-refractivity contribution in [3.63, 3.8) is 0 Å². The summed E-state index contributed by atoms with van der Waals surface area (Å²) in [6.45, 7) is 1.90. The van der Waals surface area contributed by atoms with Crippen LogP contribution in [0.25, 0.3) is 0 Å². The minimum Gasteiger partial charge on any atom is -0.378 e. The fourth-order valence-corrected chi connectivity index (χ4v) is 4.20. The Morgan fingerprint density at radius 3 is 2.57 bits per heavy atom. The molecule has 0 bridgehead atoms. The summed E-state index contributed by atoms with van der Waals surface area (Å²) in [5.74, 6) is -0.0420. The van der Waals surface area contributed by atoms with E-state index in [0.29, 0.717) is 17.8 Å². The van der Waals surface area contributed by atoms with E-state index in [4.69, 9.17) is 0 Å². The lowest BCUT2D eigenvalue weighted by atomic mass is 9.75. The number of carbonyl (C=O) groups is 2. The van der Waals surface area contributed by atoms with Crippen molar-refractivity contribution in [2.75, 3.05) is 24.3 Å². The van der Waals surface area contributed by atoms with Crippen LogP contribution in [0.4, 0.5) is 11.5 Å². The minimum atomic E-state index is -0.394. The molecule has 0 fully saturated rings. The normalized spacial score (nSPS) is 18.6. The zero-order chi connectivity index (χ0) is 21.3. The summed E-state index contributed by atoms with van der Waals surface area (Å²) in [6.07, 6.45) is 3.80. The van der Waals surface area contributed by atoms with E-state index in [2.05, 4.69) is 15.6 Å². The molecule has 2 aromatic rings. The van der Waals surface area contributed by atoms with Gasteiger partial charge in [-0.05, 0) is 49.6 Å². The van der Waals surface area contributed by atoms with Crippen molar-refractivity contribution in [2.24, 2.45) is 0 Å². The molecule has 0 saturated carbocycles. The summed E-state index contributed by atoms with van der Waals surface area (Å²) in [5, 5.41) is 6.24. The molecule has 0 saturated heterocycles. The van der Waals surface area contributed by atoms with Gasteiger partial charge in [0.25, 0.3) is 5.91 Å². The quantitative estimate of drug-likeness (QED) is 0.815. The third kappa shape index (κ3) is 3.73. The number of nitrogens with one attached hydrogen (secondary N) is 2. The second kappa shape index (κ2) is 8.14. The lowest BCUT2D eigenvalue weighted by molar-refractivity contribution is -0.116. The maximum Gasteiger partial charge on any atom is 0.255 e. The number of anilines is 2. The second-order valence-electron chi connectivity index (χ2n) is 7.92. The third-order valence-corrected chi connectivity index (χ3v) is 5.67. The number of Topliss-reactive ketones (excluding diaryl/α,β-unsaturated/α-hetero) is 1. The Labute approximate surface area is 176 Å². The van der Waals surface area contributed by atoms with Crippen molar-refractivity contribution in [3.8, 4) is 0 Å². The van der Waals surface area contributed by atoms with Crippen LogP contribution in [-0.2, 0) is 9.59 Å². The van der Waals surface area contributed by atoms with Gasteiger partial charge >= 0.3 is 0 Å². The minimum absolute atomic E-state index is 0.112. The predicted molar refractivity (Wildman–Crippen MR) is 118 cm³/mol. The zero-order valence-corrected chi connectivity index (χ0v) is 17.5. The summed E-state index contributed by atoms with van der Waals surface area (Å²) in [7, 11) is 3.97. The maximum absolute atomic E-state index is 13.3. The largest absolute Gasteiger partial charge is 0.378 e. The molecular weight excluding hydrogens is 376 g/mol. The highest BCUT2D eigenvalue weighted by atomic mass is 16.2. The fraction of sp³-hybridized carbons (Fsp3) is 0.292. The molecule has 1 amide bonds. The first kappa shape index (κ1) is 19.9. The molecule has 6 nitrogen and oxygen atoms in total. The van der Waals surface area contributed by atoms with Crippen molar-refractivity contribution in [1.29, 1.82) is 0 Å². The van der Waals surface area contributed by atoms with Crippen LogP contribution >= 0.6 is 0 Å². The molecule has 1 aromatic heterocycles. The number of hydrogen-bond acceptors (Lipinski definition) is 5. The van der Waals surface area contributed by atoms with Crippen molar-refractivity contribution < 1.29 is 9.59 Å². The van der Waals surface area contributed by atoms with Gasteiger partial charge in [-0.2, -0.15) is 0 Å². The fourth-order valence-electron chi connectivity index (χ4n) is 4.20. The van der Waals surface area contributed by atoms with Gasteiger partial charge in [-0.1, -0.05) is 18.2 Å². The van der Waals surface area contributed by atoms with E-state index in [0.717, 1.165) is 41.1 Å². The number of rotatable bonds is 4. The number of pyridine rings is 1. The Kier molecular flexibility index (Phi) is 5.40. The van der Waals surface area contributed by atoms with E-state index in [1.165, 1.54) is 0 Å². The molecule has 154 valence electrons. The molecule has 2 N–H and O–H groups in total. The lowest BCUT2D eigenvalue weighted by Crippen LogP contribution is -2.35. The number of amides is 1. The van der Waals surface area contributed by atoms with Gasteiger partial charge in [0.1, 0.15) is 5.82 Å². The first-order chi connectivity index (χ1) is 14.5. The first-order valence-electron chi connectivity index (χ1n) is 10.2. The molecule has 0 radical (unpaired) electrons. The Hall–Kier alpha value is -3.41. The summed E-state index contributed by atoms with van der Waals surface area (Å²) in [4.78, 5) is 32.5. The van der Waals surface area contributed by atoms with E-state index >= 15 is 0 Å². The number of aromatic nitrogens is 1. The van der Waals surface area contributed by atoms with Gasteiger partial charge < -0.3 is 15.5 Å². The molecule has 0 spiro atoms. The third-order valence-electron chi connectivity index (χ3n) is 5.67. The highest BCUT2D eigenvalue weighted by Crippen LogP contribution is 2.42. The summed E-state index contributed by atoms with van der Waals surface area (Å²) in [5.41, 5.74) is 5.01. The number of carbonyl (C=O) groups excluding carboxylic acids is 2. The van der Waals surface area contributed by atoms with Crippen LogP contribution in [0, 0.1) is 0 Å². The van der Waals surface area contributed by atoms with Gasteiger partial charge in [0.15, 0.2) is 5.78 Å². The van der Waals surface area contributed by atoms with E-state index in [9.17, 15) is 9.59 Å². The topological polar surface area (TPSA) is 74.3 Å². The Morgan fingerprint density at radius 1 is 1.13 bits per heavy atom. The van der Waals surface area contributed by atoms with Gasteiger partial charge in [0.05, 0.1) is 0 Å². The lowest BCUT2D eigenvalue weighted by Gasteiger charge is -2.34. The van der Waals surface area contributed by atoms with Crippen LogP contribution < -0.4 is 15.5 Å². The smallest absolute Gasteiger partial charge is 0.255 e. The highest BCUT2D eigenvalue weighted by molar-refractivity contribution is 6.09. The van der Waals surface area contributed by atoms with Gasteiger partial charge in [-0.25, -0.2) is 4.98 Å². The maximum atomic E-state index is 13.3. The number of ketones is 1. The molecule has 1 unspecified atom stereocenters. The summed E-state index contributed by atoms with van der Waals surface area (Å²) in [6, 6.07) is 13.4. The molecule has 1 atom stereocenters. The van der Waals surface area contributed by atoms with Crippen molar-refractivity contribution in [2.45, 2.75) is 32.1 Å². The Morgan fingerprint density at radius 2 is 1.90 bits per heavy atom. The van der Waals surface area contributed by atoms with Crippen LogP contribution in [0.5, 0.6) is 0 Å². The molecule has 4 rings (SSSR count). The number of hydrogen-bond donors (Lipinski definition) is 2. The number of benzene rings is 1. The standard InChI is InChI=1S/C24H26N4O2/c1-15-21(24(30)27-20-9-4-5-14-25-20)22(16-10-12-17(13-11-16)28(2)3)23-18(26-15)7-6-8-19(23)29/h4-5,9-14,22,26H,6-8H2,1-3H3,(H,25,27,30). The van der Waals surface area contributed by atoms with Crippen LogP contribution in [0.1, 0.15) is 37.7 Å². The number of dihydropyridines is 1. The van der Waals surface area contributed by atoms with Crippen LogP contribution in [0.3, 0.4) is 0 Å². The van der Waals surface area contributed by atoms with Crippen LogP contribution in [0.2, 0.25) is 0 Å². The highest BCUT2D eigenvalue weighted by Gasteiger charge is 2.38. The van der Waals surface area contributed by atoms with Gasteiger partial charge in [0, 0.05) is 60.9 Å². The number of nitrogens with zero attached hydrogens (tertiary/aromatic N) is 2. The molecule has 2 heterocycles. The Balaban J connectivity index is 1.78. The van der Waals surface area contributed by atoms with Crippen molar-refractivity contribution >= 4 is 23.2 Å². The van der Waals surface area contributed by atoms with E-state index < -0.39 is 5.92 Å². The Bertz CT molecular complexity index is 1040. The van der Waals surface area contributed by atoms with Gasteiger partial charge in [-0.3, -0.25) is 9.59 Å².